The Balaban J connectivity index is 2.79. The number of rotatable bonds is 2. The fourth-order valence-corrected chi connectivity index (χ4v) is 1.19. The Morgan fingerprint density at radius 1 is 1.13 bits per heavy atom. The molecule has 8 nitrogen and oxygen atoms in total. The molecule has 0 radical (unpaired) electrons. The minimum Gasteiger partial charge on any atom is -0.356 e. The van der Waals surface area contributed by atoms with Crippen LogP contribution in [-0.2, 0) is 0 Å². The summed E-state index contributed by atoms with van der Waals surface area (Å²) in [5, 5.41) is 24.8. The normalized spacial score (nSPS) is 10.4. The molecule has 76 valence electrons. The third kappa shape index (κ3) is 1.37. The maximum atomic E-state index is 10.5. The molecule has 0 saturated carbocycles. The summed E-state index contributed by atoms with van der Waals surface area (Å²) in [4.78, 5) is 19.4. The molecule has 0 aliphatic rings. The minimum absolute atomic E-state index is 0.146. The lowest BCUT2D eigenvalue weighted by Gasteiger charge is -1.93. The summed E-state index contributed by atoms with van der Waals surface area (Å²) in [6.07, 6.45) is 1.26. The molecular weight excluding hydrogens is 206 g/mol. The number of nitrogens with zero attached hydrogens (tertiary/aromatic N) is 3. The van der Waals surface area contributed by atoms with Gasteiger partial charge < -0.3 is 4.52 Å². The molecule has 1 heterocycles. The van der Waals surface area contributed by atoms with Gasteiger partial charge in [0.1, 0.15) is 0 Å². The summed E-state index contributed by atoms with van der Waals surface area (Å²) in [5.41, 5.74) is -1.03. The van der Waals surface area contributed by atoms with Crippen LogP contribution in [0, 0.1) is 20.2 Å². The van der Waals surface area contributed by atoms with Gasteiger partial charge in [0.15, 0.2) is 5.58 Å². The molecule has 0 fully saturated rings. The summed E-state index contributed by atoms with van der Waals surface area (Å²) < 4.78 is 4.67. The monoisotopic (exact) mass is 209 g/mol. The highest BCUT2D eigenvalue weighted by atomic mass is 16.6. The molecule has 1 aromatic heterocycles. The van der Waals surface area contributed by atoms with E-state index < -0.39 is 21.2 Å². The maximum Gasteiger partial charge on any atom is 0.349 e. The Kier molecular flexibility index (Phi) is 1.82. The molecule has 0 N–H and O–H groups in total. The Morgan fingerprint density at radius 2 is 1.73 bits per heavy atom. The molecule has 2 aromatic rings. The number of hydrogen-bond donors (Lipinski definition) is 0. The molecule has 0 atom stereocenters. The van der Waals surface area contributed by atoms with Crippen molar-refractivity contribution in [1.82, 2.24) is 5.16 Å². The lowest BCUT2D eigenvalue weighted by molar-refractivity contribution is -0.422. The fraction of sp³-hybridized carbons (Fsp3) is 0. The van der Waals surface area contributed by atoms with Gasteiger partial charge in [0.25, 0.3) is 0 Å². The van der Waals surface area contributed by atoms with Gasteiger partial charge in [-0.3, -0.25) is 20.2 Å². The zero-order chi connectivity index (χ0) is 11.0. The number of fused-ring (bicyclic) bond motifs is 1. The Labute approximate surface area is 81.4 Å². The van der Waals surface area contributed by atoms with Gasteiger partial charge in [-0.25, -0.2) is 0 Å². The molecule has 15 heavy (non-hydrogen) atoms. The Morgan fingerprint density at radius 3 is 2.33 bits per heavy atom. The van der Waals surface area contributed by atoms with Crippen molar-refractivity contribution in [2.75, 3.05) is 0 Å². The van der Waals surface area contributed by atoms with Crippen LogP contribution >= 0.6 is 0 Å². The van der Waals surface area contributed by atoms with Gasteiger partial charge in [0.05, 0.1) is 22.1 Å². The van der Waals surface area contributed by atoms with Crippen LogP contribution in [0.2, 0.25) is 0 Å². The molecule has 8 heteroatoms. The van der Waals surface area contributed by atoms with Gasteiger partial charge in [-0.15, -0.1) is 0 Å². The number of nitro groups is 2. The van der Waals surface area contributed by atoms with Crippen molar-refractivity contribution in [1.29, 1.82) is 0 Å². The number of nitro benzene ring substituents is 2. The van der Waals surface area contributed by atoms with Crippen molar-refractivity contribution in [3.8, 4) is 0 Å². The van der Waals surface area contributed by atoms with Crippen LogP contribution in [0.1, 0.15) is 0 Å². The van der Waals surface area contributed by atoms with E-state index in [1.54, 1.807) is 0 Å². The van der Waals surface area contributed by atoms with Crippen molar-refractivity contribution in [3.63, 3.8) is 0 Å². The molecule has 1 aromatic carbocycles. The van der Waals surface area contributed by atoms with Gasteiger partial charge in [0, 0.05) is 11.5 Å². The van der Waals surface area contributed by atoms with E-state index in [4.69, 9.17) is 0 Å². The third-order valence-electron chi connectivity index (χ3n) is 1.84. The first-order valence-electron chi connectivity index (χ1n) is 3.77. The molecule has 0 bridgehead atoms. The highest BCUT2D eigenvalue weighted by Crippen LogP contribution is 2.31. The second-order valence-electron chi connectivity index (χ2n) is 2.72. The first-order chi connectivity index (χ1) is 7.09. The van der Waals surface area contributed by atoms with Crippen LogP contribution in [0.5, 0.6) is 0 Å². The molecule has 0 aliphatic heterocycles. The van der Waals surface area contributed by atoms with Crippen molar-refractivity contribution in [2.45, 2.75) is 0 Å². The average molecular weight is 209 g/mol. The first-order valence-corrected chi connectivity index (χ1v) is 3.77. The Hall–Kier alpha value is -2.51. The van der Waals surface area contributed by atoms with Crippen molar-refractivity contribution in [3.05, 3.63) is 38.6 Å². The van der Waals surface area contributed by atoms with Crippen LogP contribution in [0.15, 0.2) is 22.9 Å². The van der Waals surface area contributed by atoms with Crippen molar-refractivity contribution >= 4 is 22.3 Å². The molecule has 2 rings (SSSR count). The second-order valence-corrected chi connectivity index (χ2v) is 2.72. The predicted molar refractivity (Wildman–Crippen MR) is 47.3 cm³/mol. The van der Waals surface area contributed by atoms with Gasteiger partial charge in [-0.05, 0) is 0 Å². The number of hydrogen-bond acceptors (Lipinski definition) is 6. The van der Waals surface area contributed by atoms with Crippen LogP contribution in [-0.4, -0.2) is 15.0 Å². The third-order valence-corrected chi connectivity index (χ3v) is 1.84. The predicted octanol–water partition coefficient (Wildman–Crippen LogP) is 1.64. The van der Waals surface area contributed by atoms with E-state index in [-0.39, 0.29) is 5.58 Å². The Bertz CT molecular complexity index is 513. The zero-order valence-electron chi connectivity index (χ0n) is 7.11. The standard InChI is InChI=1S/C7H3N3O5/c11-9(12)5-1-4-3-8-15-7(4)2-6(5)10(13)14/h1-3H. The van der Waals surface area contributed by atoms with Crippen LogP contribution in [0.4, 0.5) is 11.4 Å². The molecule has 0 aliphatic carbocycles. The van der Waals surface area contributed by atoms with E-state index >= 15 is 0 Å². The van der Waals surface area contributed by atoms with E-state index in [0.717, 1.165) is 12.1 Å². The minimum atomic E-state index is -0.833. The van der Waals surface area contributed by atoms with Crippen molar-refractivity contribution in [2.24, 2.45) is 0 Å². The lowest BCUT2D eigenvalue weighted by atomic mass is 10.2. The highest BCUT2D eigenvalue weighted by molar-refractivity contribution is 5.83. The largest absolute Gasteiger partial charge is 0.356 e. The quantitative estimate of drug-likeness (QED) is 0.548. The molecule has 0 unspecified atom stereocenters. The zero-order valence-corrected chi connectivity index (χ0v) is 7.11. The number of benzene rings is 1. The molecular formula is C7H3N3O5. The van der Waals surface area contributed by atoms with Crippen LogP contribution < -0.4 is 0 Å². The van der Waals surface area contributed by atoms with E-state index in [9.17, 15) is 20.2 Å². The summed E-state index contributed by atoms with van der Waals surface area (Å²) in [5.74, 6) is 0. The summed E-state index contributed by atoms with van der Waals surface area (Å²) in [6, 6.07) is 2.05. The summed E-state index contributed by atoms with van der Waals surface area (Å²) in [6.45, 7) is 0. The average Bonchev–Trinajstić information content (AvgIpc) is 2.61. The SMILES string of the molecule is O=[N+]([O-])c1cc2cnoc2cc1[N+](=O)[O-]. The lowest BCUT2D eigenvalue weighted by Crippen LogP contribution is -1.95. The van der Waals surface area contributed by atoms with E-state index in [1.165, 1.54) is 6.20 Å². The van der Waals surface area contributed by atoms with E-state index in [2.05, 4.69) is 9.68 Å². The summed E-state index contributed by atoms with van der Waals surface area (Å²) >= 11 is 0. The molecule has 0 saturated heterocycles. The topological polar surface area (TPSA) is 112 Å². The van der Waals surface area contributed by atoms with Gasteiger partial charge in [0.2, 0.25) is 0 Å². The second kappa shape index (κ2) is 3.01. The van der Waals surface area contributed by atoms with Crippen LogP contribution in [0.25, 0.3) is 11.0 Å². The van der Waals surface area contributed by atoms with Gasteiger partial charge in [-0.2, -0.15) is 0 Å². The first kappa shape index (κ1) is 9.06. The molecule has 0 spiro atoms. The number of aromatic nitrogens is 1. The summed E-state index contributed by atoms with van der Waals surface area (Å²) in [7, 11) is 0. The van der Waals surface area contributed by atoms with E-state index in [1.807, 2.05) is 0 Å². The highest BCUT2D eigenvalue weighted by Gasteiger charge is 2.25. The van der Waals surface area contributed by atoms with Crippen LogP contribution in [0.3, 0.4) is 0 Å². The van der Waals surface area contributed by atoms with Gasteiger partial charge in [-0.1, -0.05) is 5.16 Å². The van der Waals surface area contributed by atoms with Crippen molar-refractivity contribution < 1.29 is 14.4 Å². The smallest absolute Gasteiger partial charge is 0.349 e. The van der Waals surface area contributed by atoms with E-state index in [0.29, 0.717) is 5.39 Å². The maximum absolute atomic E-state index is 10.5. The van der Waals surface area contributed by atoms with Gasteiger partial charge >= 0.3 is 11.4 Å². The molecule has 0 amide bonds. The fourth-order valence-electron chi connectivity index (χ4n) is 1.19.